The predicted molar refractivity (Wildman–Crippen MR) is 107 cm³/mol. The number of hydrogen-bond acceptors (Lipinski definition) is 5. The number of methoxy groups -OCH3 is 2. The number of carbonyl (C=O) groups is 1. The van der Waals surface area contributed by atoms with Gasteiger partial charge in [0.05, 0.1) is 19.9 Å². The van der Waals surface area contributed by atoms with Crippen LogP contribution in [-0.2, 0) is 6.61 Å². The predicted octanol–water partition coefficient (Wildman–Crippen LogP) is 3.75. The van der Waals surface area contributed by atoms with Gasteiger partial charge in [-0.15, -0.1) is 0 Å². The summed E-state index contributed by atoms with van der Waals surface area (Å²) in [4.78, 5) is 15.8. The van der Waals surface area contributed by atoms with Gasteiger partial charge in [-0.1, -0.05) is 6.07 Å². The van der Waals surface area contributed by atoms with Crippen molar-refractivity contribution in [1.29, 1.82) is 0 Å². The zero-order valence-electron chi connectivity index (χ0n) is 16.1. The number of benzene rings is 2. The van der Waals surface area contributed by atoms with Crippen LogP contribution in [0.3, 0.4) is 0 Å². The molecule has 0 saturated heterocycles. The molecule has 1 heterocycles. The monoisotopic (exact) mass is 378 g/mol. The van der Waals surface area contributed by atoms with Crippen LogP contribution in [0.5, 0.6) is 17.2 Å². The van der Waals surface area contributed by atoms with Gasteiger partial charge >= 0.3 is 0 Å². The van der Waals surface area contributed by atoms with E-state index < -0.39 is 5.91 Å². The third-order valence-electron chi connectivity index (χ3n) is 4.37. The minimum Gasteiger partial charge on any atom is -0.493 e. The van der Waals surface area contributed by atoms with E-state index in [9.17, 15) is 4.79 Å². The summed E-state index contributed by atoms with van der Waals surface area (Å²) < 4.78 is 16.4. The minimum atomic E-state index is -0.436. The van der Waals surface area contributed by atoms with Crippen molar-refractivity contribution >= 4 is 5.91 Å². The zero-order chi connectivity index (χ0) is 20.1. The van der Waals surface area contributed by atoms with Crippen molar-refractivity contribution in [3.63, 3.8) is 0 Å². The lowest BCUT2D eigenvalue weighted by Crippen LogP contribution is -2.12. The summed E-state index contributed by atoms with van der Waals surface area (Å²) in [5.41, 5.74) is 9.38. The highest BCUT2D eigenvalue weighted by atomic mass is 16.5. The summed E-state index contributed by atoms with van der Waals surface area (Å²) in [5, 5.41) is 0. The number of aryl methyl sites for hydroxylation is 1. The fourth-order valence-electron chi connectivity index (χ4n) is 2.89. The molecular weight excluding hydrogens is 356 g/mol. The van der Waals surface area contributed by atoms with Crippen molar-refractivity contribution in [1.82, 2.24) is 4.98 Å². The molecule has 0 unspecified atom stereocenters. The number of carbonyl (C=O) groups excluding carboxylic acids is 1. The first-order valence-electron chi connectivity index (χ1n) is 8.72. The smallest absolute Gasteiger partial charge is 0.248 e. The maximum Gasteiger partial charge on any atom is 0.248 e. The number of nitrogens with zero attached hydrogens (tertiary/aromatic N) is 1. The van der Waals surface area contributed by atoms with Crippen molar-refractivity contribution in [2.75, 3.05) is 14.2 Å². The molecule has 2 aromatic carbocycles. The molecule has 144 valence electrons. The van der Waals surface area contributed by atoms with Gasteiger partial charge in [-0.2, -0.15) is 0 Å². The van der Waals surface area contributed by atoms with Crippen LogP contribution in [0.15, 0.2) is 54.7 Å². The number of pyridine rings is 1. The Morgan fingerprint density at radius 1 is 1.00 bits per heavy atom. The van der Waals surface area contributed by atoms with E-state index in [1.54, 1.807) is 38.6 Å². The standard InChI is InChI=1S/C22H22N2O4/c1-14-10-16(4-6-18(14)22(23)25)19-11-15(8-9-24-19)13-28-17-5-7-20(26-2)21(12-17)27-3/h4-12H,13H2,1-3H3,(H2,23,25). The van der Waals surface area contributed by atoms with Crippen LogP contribution in [0.25, 0.3) is 11.3 Å². The highest BCUT2D eigenvalue weighted by molar-refractivity contribution is 5.94. The van der Waals surface area contributed by atoms with E-state index in [4.69, 9.17) is 19.9 Å². The van der Waals surface area contributed by atoms with E-state index in [1.165, 1.54) is 0 Å². The van der Waals surface area contributed by atoms with Crippen LogP contribution in [-0.4, -0.2) is 25.1 Å². The number of primary amides is 1. The van der Waals surface area contributed by atoms with Gasteiger partial charge in [-0.05, 0) is 54.4 Å². The number of aromatic nitrogens is 1. The highest BCUT2D eigenvalue weighted by Crippen LogP contribution is 2.31. The van der Waals surface area contributed by atoms with Crippen LogP contribution >= 0.6 is 0 Å². The Balaban J connectivity index is 1.77. The second-order valence-electron chi connectivity index (χ2n) is 6.25. The molecule has 0 aliphatic heterocycles. The quantitative estimate of drug-likeness (QED) is 0.677. The maximum atomic E-state index is 11.4. The first-order valence-corrected chi connectivity index (χ1v) is 8.72. The Morgan fingerprint density at radius 3 is 2.46 bits per heavy atom. The maximum absolute atomic E-state index is 11.4. The number of ether oxygens (including phenoxy) is 3. The molecular formula is C22H22N2O4. The second-order valence-corrected chi connectivity index (χ2v) is 6.25. The largest absolute Gasteiger partial charge is 0.493 e. The molecule has 0 atom stereocenters. The molecule has 0 bridgehead atoms. The Morgan fingerprint density at radius 2 is 1.79 bits per heavy atom. The third kappa shape index (κ3) is 4.23. The lowest BCUT2D eigenvalue weighted by molar-refractivity contribution is 0.0999. The van der Waals surface area contributed by atoms with E-state index in [-0.39, 0.29) is 0 Å². The number of amides is 1. The summed E-state index contributed by atoms with van der Waals surface area (Å²) in [5.74, 6) is 1.50. The molecule has 0 fully saturated rings. The lowest BCUT2D eigenvalue weighted by atomic mass is 10.0. The molecule has 0 aliphatic carbocycles. The summed E-state index contributed by atoms with van der Waals surface area (Å²) in [6.07, 6.45) is 1.74. The average molecular weight is 378 g/mol. The molecule has 1 aromatic heterocycles. The van der Waals surface area contributed by atoms with Crippen molar-refractivity contribution in [2.45, 2.75) is 13.5 Å². The van der Waals surface area contributed by atoms with Gasteiger partial charge in [0.2, 0.25) is 5.91 Å². The number of nitrogens with two attached hydrogens (primary N) is 1. The van der Waals surface area contributed by atoms with Gasteiger partial charge in [0.15, 0.2) is 11.5 Å². The molecule has 0 saturated carbocycles. The zero-order valence-corrected chi connectivity index (χ0v) is 16.1. The average Bonchev–Trinajstić information content (AvgIpc) is 2.71. The summed E-state index contributed by atoms with van der Waals surface area (Å²) in [6.45, 7) is 2.23. The molecule has 0 spiro atoms. The highest BCUT2D eigenvalue weighted by Gasteiger charge is 2.09. The summed E-state index contributed by atoms with van der Waals surface area (Å²) in [7, 11) is 3.18. The van der Waals surface area contributed by atoms with Gasteiger partial charge in [0, 0.05) is 23.4 Å². The topological polar surface area (TPSA) is 83.7 Å². The molecule has 6 nitrogen and oxygen atoms in total. The molecule has 6 heteroatoms. The van der Waals surface area contributed by atoms with Crippen LogP contribution in [0, 0.1) is 6.92 Å². The molecule has 3 aromatic rings. The van der Waals surface area contributed by atoms with E-state index >= 15 is 0 Å². The Bertz CT molecular complexity index is 1000. The normalized spacial score (nSPS) is 10.4. The molecule has 2 N–H and O–H groups in total. The van der Waals surface area contributed by atoms with Crippen molar-refractivity contribution in [2.24, 2.45) is 5.73 Å². The van der Waals surface area contributed by atoms with Gasteiger partial charge < -0.3 is 19.9 Å². The van der Waals surface area contributed by atoms with Crippen molar-refractivity contribution < 1.29 is 19.0 Å². The first kappa shape index (κ1) is 19.2. The van der Waals surface area contributed by atoms with Crippen molar-refractivity contribution in [3.8, 4) is 28.5 Å². The Labute approximate surface area is 163 Å². The molecule has 0 radical (unpaired) electrons. The van der Waals surface area contributed by atoms with Gasteiger partial charge in [0.25, 0.3) is 0 Å². The Kier molecular flexibility index (Phi) is 5.79. The first-order chi connectivity index (χ1) is 13.5. The lowest BCUT2D eigenvalue weighted by Gasteiger charge is -2.11. The van der Waals surface area contributed by atoms with Crippen LogP contribution in [0.4, 0.5) is 0 Å². The molecule has 3 rings (SSSR count). The van der Waals surface area contributed by atoms with E-state index in [0.29, 0.717) is 29.4 Å². The molecule has 1 amide bonds. The summed E-state index contributed by atoms with van der Waals surface area (Å²) in [6, 6.07) is 14.7. The van der Waals surface area contributed by atoms with Gasteiger partial charge in [-0.3, -0.25) is 9.78 Å². The molecule has 0 aliphatic rings. The SMILES string of the molecule is COc1ccc(OCc2ccnc(-c3ccc(C(N)=O)c(C)c3)c2)cc1OC. The number of hydrogen-bond donors (Lipinski definition) is 1. The van der Waals surface area contributed by atoms with Crippen LogP contribution in [0.1, 0.15) is 21.5 Å². The van der Waals surface area contributed by atoms with E-state index in [1.807, 2.05) is 37.3 Å². The third-order valence-corrected chi connectivity index (χ3v) is 4.37. The summed E-state index contributed by atoms with van der Waals surface area (Å²) >= 11 is 0. The Hall–Kier alpha value is -3.54. The number of rotatable bonds is 7. The molecule has 28 heavy (non-hydrogen) atoms. The fourth-order valence-corrected chi connectivity index (χ4v) is 2.89. The van der Waals surface area contributed by atoms with Crippen molar-refractivity contribution in [3.05, 3.63) is 71.4 Å². The van der Waals surface area contributed by atoms with E-state index in [2.05, 4.69) is 4.98 Å². The second kappa shape index (κ2) is 8.43. The van der Waals surface area contributed by atoms with Crippen LogP contribution in [0.2, 0.25) is 0 Å². The van der Waals surface area contributed by atoms with Crippen LogP contribution < -0.4 is 19.9 Å². The van der Waals surface area contributed by atoms with Gasteiger partial charge in [-0.25, -0.2) is 0 Å². The van der Waals surface area contributed by atoms with Gasteiger partial charge in [0.1, 0.15) is 12.4 Å². The van der Waals surface area contributed by atoms with E-state index in [0.717, 1.165) is 22.4 Å². The fraction of sp³-hybridized carbons (Fsp3) is 0.182. The minimum absolute atomic E-state index is 0.378.